The number of amides is 1. The summed E-state index contributed by atoms with van der Waals surface area (Å²) in [6.07, 6.45) is 4.07. The maximum Gasteiger partial charge on any atom is 0.255 e. The van der Waals surface area contributed by atoms with Crippen molar-refractivity contribution >= 4 is 17.5 Å². The van der Waals surface area contributed by atoms with E-state index in [9.17, 15) is 4.79 Å². The van der Waals surface area contributed by atoms with E-state index < -0.39 is 0 Å². The SMILES string of the molecule is COc1ccc(C(=O)NC2(CCl)CCCC2)c(OC)c1. The highest BCUT2D eigenvalue weighted by Crippen LogP contribution is 2.32. The lowest BCUT2D eigenvalue weighted by atomic mass is 9.99. The fourth-order valence-corrected chi connectivity index (χ4v) is 2.97. The van der Waals surface area contributed by atoms with E-state index in [2.05, 4.69) is 5.32 Å². The fraction of sp³-hybridized carbons (Fsp3) is 0.533. The molecule has 0 aromatic heterocycles. The molecule has 0 aliphatic heterocycles. The van der Waals surface area contributed by atoms with Crippen molar-refractivity contribution in [2.24, 2.45) is 0 Å². The first-order chi connectivity index (χ1) is 9.64. The van der Waals surface area contributed by atoms with Crippen LogP contribution in [0.15, 0.2) is 18.2 Å². The number of benzene rings is 1. The third-order valence-corrected chi connectivity index (χ3v) is 4.36. The summed E-state index contributed by atoms with van der Waals surface area (Å²) in [5, 5.41) is 3.08. The lowest BCUT2D eigenvalue weighted by Gasteiger charge is -2.28. The molecule has 1 aromatic carbocycles. The van der Waals surface area contributed by atoms with Gasteiger partial charge in [-0.05, 0) is 25.0 Å². The van der Waals surface area contributed by atoms with E-state index in [1.54, 1.807) is 32.4 Å². The first-order valence-electron chi connectivity index (χ1n) is 6.74. The number of nitrogens with one attached hydrogen (secondary N) is 1. The van der Waals surface area contributed by atoms with Crippen LogP contribution in [0.1, 0.15) is 36.0 Å². The maximum atomic E-state index is 12.5. The lowest BCUT2D eigenvalue weighted by molar-refractivity contribution is 0.0906. The number of rotatable bonds is 5. The third-order valence-electron chi connectivity index (χ3n) is 3.85. The number of ether oxygens (including phenoxy) is 2. The summed E-state index contributed by atoms with van der Waals surface area (Å²) in [4.78, 5) is 12.5. The Labute approximate surface area is 124 Å². The van der Waals surface area contributed by atoms with Crippen LogP contribution in [0.4, 0.5) is 0 Å². The van der Waals surface area contributed by atoms with Crippen molar-refractivity contribution < 1.29 is 14.3 Å². The Morgan fingerprint density at radius 1 is 1.30 bits per heavy atom. The number of carbonyl (C=O) groups is 1. The van der Waals surface area contributed by atoms with Gasteiger partial charge in [0.25, 0.3) is 5.91 Å². The first kappa shape index (κ1) is 15.0. The topological polar surface area (TPSA) is 47.6 Å². The number of hydrogen-bond acceptors (Lipinski definition) is 3. The third kappa shape index (κ3) is 3.01. The minimum absolute atomic E-state index is 0.146. The van der Waals surface area contributed by atoms with Gasteiger partial charge in [0.05, 0.1) is 25.3 Å². The highest BCUT2D eigenvalue weighted by atomic mass is 35.5. The monoisotopic (exact) mass is 297 g/mol. The van der Waals surface area contributed by atoms with Gasteiger partial charge in [0, 0.05) is 11.9 Å². The normalized spacial score (nSPS) is 16.8. The largest absolute Gasteiger partial charge is 0.497 e. The zero-order chi connectivity index (χ0) is 14.6. The van der Waals surface area contributed by atoms with Crippen LogP contribution < -0.4 is 14.8 Å². The smallest absolute Gasteiger partial charge is 0.255 e. The maximum absolute atomic E-state index is 12.5. The fourth-order valence-electron chi connectivity index (χ4n) is 2.64. The van der Waals surface area contributed by atoms with Gasteiger partial charge in [0.1, 0.15) is 11.5 Å². The van der Waals surface area contributed by atoms with Gasteiger partial charge in [-0.25, -0.2) is 0 Å². The van der Waals surface area contributed by atoms with E-state index in [0.29, 0.717) is 22.9 Å². The molecule has 1 saturated carbocycles. The predicted octanol–water partition coefficient (Wildman–Crippen LogP) is 2.99. The Balaban J connectivity index is 2.20. The number of hydrogen-bond donors (Lipinski definition) is 1. The van der Waals surface area contributed by atoms with Gasteiger partial charge < -0.3 is 14.8 Å². The molecule has 0 spiro atoms. The number of alkyl halides is 1. The second-order valence-electron chi connectivity index (χ2n) is 5.14. The molecule has 5 heteroatoms. The molecule has 0 atom stereocenters. The molecule has 1 aliphatic carbocycles. The quantitative estimate of drug-likeness (QED) is 0.850. The van der Waals surface area contributed by atoms with Crippen LogP contribution in [-0.4, -0.2) is 31.5 Å². The summed E-state index contributed by atoms with van der Waals surface area (Å²) in [5.41, 5.74) is 0.230. The molecule has 1 fully saturated rings. The van der Waals surface area contributed by atoms with Crippen LogP contribution in [0.5, 0.6) is 11.5 Å². The van der Waals surface area contributed by atoms with E-state index in [4.69, 9.17) is 21.1 Å². The molecule has 0 radical (unpaired) electrons. The summed E-state index contributed by atoms with van der Waals surface area (Å²) >= 11 is 6.05. The van der Waals surface area contributed by atoms with Crippen molar-refractivity contribution in [3.05, 3.63) is 23.8 Å². The standard InChI is InChI=1S/C15H20ClNO3/c1-19-11-5-6-12(13(9-11)20-2)14(18)17-15(10-16)7-3-4-8-15/h5-6,9H,3-4,7-8,10H2,1-2H3,(H,17,18). The van der Waals surface area contributed by atoms with E-state index in [1.807, 2.05) is 0 Å². The molecule has 0 heterocycles. The van der Waals surface area contributed by atoms with Crippen LogP contribution in [0.3, 0.4) is 0 Å². The van der Waals surface area contributed by atoms with Crippen LogP contribution in [-0.2, 0) is 0 Å². The van der Waals surface area contributed by atoms with Gasteiger partial charge in [-0.1, -0.05) is 12.8 Å². The average Bonchev–Trinajstić information content (AvgIpc) is 2.95. The van der Waals surface area contributed by atoms with E-state index in [1.165, 1.54) is 0 Å². The minimum Gasteiger partial charge on any atom is -0.497 e. The zero-order valence-electron chi connectivity index (χ0n) is 11.9. The summed E-state index contributed by atoms with van der Waals surface area (Å²) < 4.78 is 10.4. The Bertz CT molecular complexity index is 484. The van der Waals surface area contributed by atoms with Crippen LogP contribution in [0, 0.1) is 0 Å². The van der Waals surface area contributed by atoms with Gasteiger partial charge >= 0.3 is 0 Å². The Kier molecular flexibility index (Phi) is 4.76. The molecule has 1 amide bonds. The minimum atomic E-state index is -0.274. The van der Waals surface area contributed by atoms with Gasteiger partial charge in [-0.15, -0.1) is 11.6 Å². The molecule has 4 nitrogen and oxygen atoms in total. The predicted molar refractivity (Wildman–Crippen MR) is 78.9 cm³/mol. The van der Waals surface area contributed by atoms with Gasteiger partial charge in [-0.3, -0.25) is 4.79 Å². The average molecular weight is 298 g/mol. The van der Waals surface area contributed by atoms with Gasteiger partial charge in [-0.2, -0.15) is 0 Å². The Hall–Kier alpha value is -1.42. The molecular formula is C15H20ClNO3. The molecule has 1 aromatic rings. The molecule has 1 N–H and O–H groups in total. The summed E-state index contributed by atoms with van der Waals surface area (Å²) in [5.74, 6) is 1.46. The second kappa shape index (κ2) is 6.35. The van der Waals surface area contributed by atoms with Gasteiger partial charge in [0.2, 0.25) is 0 Å². The molecule has 2 rings (SSSR count). The van der Waals surface area contributed by atoms with Crippen molar-refractivity contribution in [3.63, 3.8) is 0 Å². The zero-order valence-corrected chi connectivity index (χ0v) is 12.6. The van der Waals surface area contributed by atoms with Crippen LogP contribution in [0.2, 0.25) is 0 Å². The number of methoxy groups -OCH3 is 2. The Morgan fingerprint density at radius 2 is 2.00 bits per heavy atom. The van der Waals surface area contributed by atoms with Crippen molar-refractivity contribution in [2.75, 3.05) is 20.1 Å². The lowest BCUT2D eigenvalue weighted by Crippen LogP contribution is -2.47. The van der Waals surface area contributed by atoms with Crippen molar-refractivity contribution in [1.29, 1.82) is 0 Å². The van der Waals surface area contributed by atoms with Crippen LogP contribution in [0.25, 0.3) is 0 Å². The molecule has 20 heavy (non-hydrogen) atoms. The molecule has 0 bridgehead atoms. The molecular weight excluding hydrogens is 278 g/mol. The number of carbonyl (C=O) groups excluding carboxylic acids is 1. The molecule has 0 saturated heterocycles. The van der Waals surface area contributed by atoms with E-state index >= 15 is 0 Å². The highest BCUT2D eigenvalue weighted by Gasteiger charge is 2.35. The van der Waals surface area contributed by atoms with E-state index in [0.717, 1.165) is 25.7 Å². The number of halogens is 1. The first-order valence-corrected chi connectivity index (χ1v) is 7.28. The van der Waals surface area contributed by atoms with Crippen molar-refractivity contribution in [1.82, 2.24) is 5.32 Å². The summed E-state index contributed by atoms with van der Waals surface area (Å²) in [6, 6.07) is 5.17. The Morgan fingerprint density at radius 3 is 2.55 bits per heavy atom. The molecule has 1 aliphatic rings. The van der Waals surface area contributed by atoms with Crippen molar-refractivity contribution in [3.8, 4) is 11.5 Å². The summed E-state index contributed by atoms with van der Waals surface area (Å²) in [7, 11) is 3.12. The van der Waals surface area contributed by atoms with E-state index in [-0.39, 0.29) is 11.4 Å². The van der Waals surface area contributed by atoms with Crippen molar-refractivity contribution in [2.45, 2.75) is 31.2 Å². The highest BCUT2D eigenvalue weighted by molar-refractivity contribution is 6.19. The molecule has 0 unspecified atom stereocenters. The second-order valence-corrected chi connectivity index (χ2v) is 5.41. The van der Waals surface area contributed by atoms with Crippen LogP contribution >= 0.6 is 11.6 Å². The molecule has 110 valence electrons. The summed E-state index contributed by atoms with van der Waals surface area (Å²) in [6.45, 7) is 0. The van der Waals surface area contributed by atoms with Gasteiger partial charge in [0.15, 0.2) is 0 Å².